The number of nitrogens with one attached hydrogen (secondary N) is 1. The summed E-state index contributed by atoms with van der Waals surface area (Å²) in [4.78, 5) is 6.88. The third-order valence-corrected chi connectivity index (χ3v) is 4.69. The molecule has 1 atom stereocenters. The molecule has 0 radical (unpaired) electrons. The highest BCUT2D eigenvalue weighted by atomic mass is 15.2. The van der Waals surface area contributed by atoms with Gasteiger partial charge in [0.2, 0.25) is 0 Å². The van der Waals surface area contributed by atoms with Gasteiger partial charge in [0.05, 0.1) is 0 Å². The van der Waals surface area contributed by atoms with Crippen LogP contribution in [0.2, 0.25) is 0 Å². The Hall–Kier alpha value is -0.930. The fourth-order valence-electron chi connectivity index (χ4n) is 3.75. The summed E-state index contributed by atoms with van der Waals surface area (Å²) in [5.74, 6) is 0.842. The van der Waals surface area contributed by atoms with Gasteiger partial charge in [-0.25, -0.2) is 0 Å². The van der Waals surface area contributed by atoms with Gasteiger partial charge in [0, 0.05) is 44.6 Å². The van der Waals surface area contributed by atoms with Gasteiger partial charge in [-0.1, -0.05) is 19.3 Å². The van der Waals surface area contributed by atoms with Gasteiger partial charge >= 0.3 is 0 Å². The first kappa shape index (κ1) is 13.1. The van der Waals surface area contributed by atoms with Crippen LogP contribution < -0.4 is 5.32 Å². The van der Waals surface area contributed by atoms with E-state index in [1.165, 1.54) is 50.8 Å². The number of hydrogen-bond donors (Lipinski definition) is 1. The molecule has 0 spiro atoms. The van der Waals surface area contributed by atoms with Gasteiger partial charge < -0.3 is 5.32 Å². The zero-order valence-electron chi connectivity index (χ0n) is 11.7. The van der Waals surface area contributed by atoms with Crippen molar-refractivity contribution in [2.75, 3.05) is 26.2 Å². The second-order valence-corrected chi connectivity index (χ2v) is 5.91. The summed E-state index contributed by atoms with van der Waals surface area (Å²) in [5.41, 5.74) is 1.48. The van der Waals surface area contributed by atoms with E-state index in [1.807, 2.05) is 12.4 Å². The van der Waals surface area contributed by atoms with E-state index < -0.39 is 0 Å². The lowest BCUT2D eigenvalue weighted by atomic mass is 9.80. The summed E-state index contributed by atoms with van der Waals surface area (Å²) in [6.45, 7) is 4.63. The van der Waals surface area contributed by atoms with Crippen molar-refractivity contribution in [2.24, 2.45) is 5.92 Å². The molecule has 3 rings (SSSR count). The van der Waals surface area contributed by atoms with Crippen LogP contribution in [-0.2, 0) is 0 Å². The molecule has 3 nitrogen and oxygen atoms in total. The smallest absolute Gasteiger partial charge is 0.0378 e. The molecule has 1 saturated heterocycles. The summed E-state index contributed by atoms with van der Waals surface area (Å²) >= 11 is 0. The minimum Gasteiger partial charge on any atom is -0.314 e. The first-order valence-electron chi connectivity index (χ1n) is 7.80. The molecule has 1 aliphatic carbocycles. The zero-order chi connectivity index (χ0) is 12.9. The second kappa shape index (κ2) is 6.49. The Labute approximate surface area is 116 Å². The van der Waals surface area contributed by atoms with Gasteiger partial charge in [0.25, 0.3) is 0 Å². The van der Waals surface area contributed by atoms with E-state index >= 15 is 0 Å². The van der Waals surface area contributed by atoms with Gasteiger partial charge in [0.15, 0.2) is 0 Å². The largest absolute Gasteiger partial charge is 0.314 e. The molecule has 0 aromatic carbocycles. The quantitative estimate of drug-likeness (QED) is 0.904. The van der Waals surface area contributed by atoms with Crippen molar-refractivity contribution in [3.8, 4) is 0 Å². The molecule has 1 aromatic rings. The lowest BCUT2D eigenvalue weighted by Crippen LogP contribution is -2.47. The Bertz CT molecular complexity index is 349. The van der Waals surface area contributed by atoms with E-state index in [0.29, 0.717) is 6.04 Å². The Morgan fingerprint density at radius 3 is 2.42 bits per heavy atom. The molecule has 1 aliphatic heterocycles. The van der Waals surface area contributed by atoms with Crippen molar-refractivity contribution in [3.05, 3.63) is 30.1 Å². The average molecular weight is 259 g/mol. The van der Waals surface area contributed by atoms with Crippen LogP contribution in [0.25, 0.3) is 0 Å². The van der Waals surface area contributed by atoms with Crippen LogP contribution >= 0.6 is 0 Å². The number of nitrogens with zero attached hydrogens (tertiary/aromatic N) is 2. The maximum atomic E-state index is 4.19. The fraction of sp³-hybridized carbons (Fsp3) is 0.688. The van der Waals surface area contributed by atoms with Crippen molar-refractivity contribution < 1.29 is 0 Å². The van der Waals surface area contributed by atoms with Crippen molar-refractivity contribution in [3.63, 3.8) is 0 Å². The van der Waals surface area contributed by atoms with Crippen LogP contribution in [0.15, 0.2) is 24.5 Å². The Kier molecular flexibility index (Phi) is 4.46. The Morgan fingerprint density at radius 2 is 1.74 bits per heavy atom. The molecule has 2 fully saturated rings. The molecular weight excluding hydrogens is 234 g/mol. The lowest BCUT2D eigenvalue weighted by Gasteiger charge is -2.41. The SMILES string of the molecule is c1cc([C@H](C2CCCCC2)N2CCNCC2)ccn1. The molecule has 0 bridgehead atoms. The highest BCUT2D eigenvalue weighted by molar-refractivity contribution is 5.17. The summed E-state index contributed by atoms with van der Waals surface area (Å²) in [7, 11) is 0. The standard InChI is InChI=1S/C16H25N3/c1-2-4-14(5-3-1)16(15-6-8-17-9-7-15)19-12-10-18-11-13-19/h6-9,14,16,18H,1-5,10-13H2/t16-/m0/s1. The van der Waals surface area contributed by atoms with Crippen LogP contribution in [0.5, 0.6) is 0 Å². The van der Waals surface area contributed by atoms with Crippen LogP contribution in [0.1, 0.15) is 43.7 Å². The maximum Gasteiger partial charge on any atom is 0.0378 e. The molecular formula is C16H25N3. The molecule has 2 heterocycles. The molecule has 3 heteroatoms. The van der Waals surface area contributed by atoms with Gasteiger partial charge in [-0.2, -0.15) is 0 Å². The average Bonchev–Trinajstić information content (AvgIpc) is 2.51. The van der Waals surface area contributed by atoms with E-state index in [2.05, 4.69) is 27.3 Å². The van der Waals surface area contributed by atoms with Crippen molar-refractivity contribution in [1.29, 1.82) is 0 Å². The van der Waals surface area contributed by atoms with E-state index in [9.17, 15) is 0 Å². The zero-order valence-corrected chi connectivity index (χ0v) is 11.7. The first-order valence-corrected chi connectivity index (χ1v) is 7.80. The van der Waals surface area contributed by atoms with Crippen LogP contribution in [0, 0.1) is 5.92 Å². The summed E-state index contributed by atoms with van der Waals surface area (Å²) in [6.07, 6.45) is 11.0. The summed E-state index contributed by atoms with van der Waals surface area (Å²) in [6, 6.07) is 5.06. The Balaban J connectivity index is 1.81. The monoisotopic (exact) mass is 259 g/mol. The highest BCUT2D eigenvalue weighted by Crippen LogP contribution is 2.38. The van der Waals surface area contributed by atoms with E-state index in [1.54, 1.807) is 0 Å². The molecule has 19 heavy (non-hydrogen) atoms. The topological polar surface area (TPSA) is 28.2 Å². The van der Waals surface area contributed by atoms with Crippen molar-refractivity contribution in [2.45, 2.75) is 38.1 Å². The molecule has 1 aromatic heterocycles. The number of aromatic nitrogens is 1. The Morgan fingerprint density at radius 1 is 1.05 bits per heavy atom. The predicted octanol–water partition coefficient (Wildman–Crippen LogP) is 2.61. The predicted molar refractivity (Wildman–Crippen MR) is 78.0 cm³/mol. The van der Waals surface area contributed by atoms with Gasteiger partial charge in [0.1, 0.15) is 0 Å². The highest BCUT2D eigenvalue weighted by Gasteiger charge is 2.30. The van der Waals surface area contributed by atoms with E-state index in [-0.39, 0.29) is 0 Å². The number of hydrogen-bond acceptors (Lipinski definition) is 3. The lowest BCUT2D eigenvalue weighted by molar-refractivity contribution is 0.103. The third-order valence-electron chi connectivity index (χ3n) is 4.69. The van der Waals surface area contributed by atoms with Crippen LogP contribution in [0.4, 0.5) is 0 Å². The van der Waals surface area contributed by atoms with Crippen molar-refractivity contribution >= 4 is 0 Å². The van der Waals surface area contributed by atoms with Gasteiger partial charge in [-0.3, -0.25) is 9.88 Å². The molecule has 1 N–H and O–H groups in total. The third kappa shape index (κ3) is 3.15. The number of piperazine rings is 1. The molecule has 1 saturated carbocycles. The normalized spacial score (nSPS) is 24.2. The van der Waals surface area contributed by atoms with Gasteiger partial charge in [-0.05, 0) is 36.5 Å². The molecule has 0 unspecified atom stereocenters. The van der Waals surface area contributed by atoms with Gasteiger partial charge in [-0.15, -0.1) is 0 Å². The molecule has 104 valence electrons. The van der Waals surface area contributed by atoms with Crippen LogP contribution in [0.3, 0.4) is 0 Å². The van der Waals surface area contributed by atoms with E-state index in [0.717, 1.165) is 19.0 Å². The minimum absolute atomic E-state index is 0.616. The van der Waals surface area contributed by atoms with E-state index in [4.69, 9.17) is 0 Å². The van der Waals surface area contributed by atoms with Crippen molar-refractivity contribution in [1.82, 2.24) is 15.2 Å². The maximum absolute atomic E-state index is 4.19. The number of rotatable bonds is 3. The molecule has 0 amide bonds. The number of pyridine rings is 1. The minimum atomic E-state index is 0.616. The fourth-order valence-corrected chi connectivity index (χ4v) is 3.75. The molecule has 2 aliphatic rings. The van der Waals surface area contributed by atoms with Crippen LogP contribution in [-0.4, -0.2) is 36.1 Å². The summed E-state index contributed by atoms with van der Waals surface area (Å²) in [5, 5.41) is 3.47. The second-order valence-electron chi connectivity index (χ2n) is 5.91. The summed E-state index contributed by atoms with van der Waals surface area (Å²) < 4.78 is 0. The first-order chi connectivity index (χ1) is 9.45.